The summed E-state index contributed by atoms with van der Waals surface area (Å²) in [6.45, 7) is 3.88. The van der Waals surface area contributed by atoms with Gasteiger partial charge >= 0.3 is 6.18 Å². The molecule has 0 saturated carbocycles. The fourth-order valence-electron chi connectivity index (χ4n) is 2.79. The zero-order valence-corrected chi connectivity index (χ0v) is 15.6. The standard InChI is InChI=1S/C20H16ClF3N2O/c1-11(2)18(27-3)13-6-9-15-16(10-13)26-19(21)17(25-15)12-4-7-14(8-5-12)20(22,23)24/h4-10H,1-3H3. The fourth-order valence-corrected chi connectivity index (χ4v) is 3.03. The molecule has 3 rings (SSSR count). The summed E-state index contributed by atoms with van der Waals surface area (Å²) in [6, 6.07) is 10.1. The number of hydrogen-bond acceptors (Lipinski definition) is 3. The number of ether oxygens (including phenoxy) is 1. The maximum absolute atomic E-state index is 12.7. The molecule has 0 aliphatic rings. The summed E-state index contributed by atoms with van der Waals surface area (Å²) in [6.07, 6.45) is -4.39. The Bertz CT molecular complexity index is 1020. The molecule has 0 bridgehead atoms. The highest BCUT2D eigenvalue weighted by atomic mass is 35.5. The molecule has 2 aromatic carbocycles. The molecule has 7 heteroatoms. The summed E-state index contributed by atoms with van der Waals surface area (Å²) in [5.74, 6) is 0.738. The molecule has 0 spiro atoms. The van der Waals surface area contributed by atoms with Gasteiger partial charge in [-0.3, -0.25) is 0 Å². The minimum Gasteiger partial charge on any atom is -0.496 e. The minimum absolute atomic E-state index is 0.121. The first-order chi connectivity index (χ1) is 12.7. The van der Waals surface area contributed by atoms with Crippen molar-refractivity contribution in [1.82, 2.24) is 9.97 Å². The third-order valence-electron chi connectivity index (χ3n) is 4.03. The highest BCUT2D eigenvalue weighted by molar-refractivity contribution is 6.32. The van der Waals surface area contributed by atoms with E-state index in [4.69, 9.17) is 16.3 Å². The van der Waals surface area contributed by atoms with E-state index >= 15 is 0 Å². The molecule has 0 aliphatic carbocycles. The zero-order valence-electron chi connectivity index (χ0n) is 14.9. The van der Waals surface area contributed by atoms with Gasteiger partial charge in [-0.1, -0.05) is 23.7 Å². The number of fused-ring (bicyclic) bond motifs is 1. The van der Waals surface area contributed by atoms with Crippen molar-refractivity contribution in [2.75, 3.05) is 7.11 Å². The van der Waals surface area contributed by atoms with Crippen molar-refractivity contribution in [3.63, 3.8) is 0 Å². The van der Waals surface area contributed by atoms with Crippen LogP contribution in [0.5, 0.6) is 0 Å². The molecule has 0 amide bonds. The van der Waals surface area contributed by atoms with Crippen molar-refractivity contribution in [1.29, 1.82) is 0 Å². The van der Waals surface area contributed by atoms with Crippen LogP contribution in [-0.2, 0) is 10.9 Å². The molecule has 1 aromatic heterocycles. The van der Waals surface area contributed by atoms with Crippen molar-refractivity contribution in [2.24, 2.45) is 0 Å². The predicted octanol–water partition coefficient (Wildman–Crippen LogP) is 6.37. The molecule has 140 valence electrons. The van der Waals surface area contributed by atoms with Gasteiger partial charge in [-0.05, 0) is 49.8 Å². The zero-order chi connectivity index (χ0) is 19.8. The van der Waals surface area contributed by atoms with Crippen LogP contribution >= 0.6 is 11.6 Å². The number of alkyl halides is 3. The number of hydrogen-bond donors (Lipinski definition) is 0. The Morgan fingerprint density at radius 2 is 1.63 bits per heavy atom. The molecule has 3 aromatic rings. The highest BCUT2D eigenvalue weighted by Gasteiger charge is 2.30. The van der Waals surface area contributed by atoms with E-state index in [9.17, 15) is 13.2 Å². The van der Waals surface area contributed by atoms with Gasteiger partial charge in [0.2, 0.25) is 0 Å². The topological polar surface area (TPSA) is 35.0 Å². The fraction of sp³-hybridized carbons (Fsp3) is 0.200. The number of halogens is 4. The molecule has 0 radical (unpaired) electrons. The molecule has 0 aliphatic heterocycles. The highest BCUT2D eigenvalue weighted by Crippen LogP contribution is 2.33. The molecule has 0 unspecified atom stereocenters. The monoisotopic (exact) mass is 392 g/mol. The quantitative estimate of drug-likeness (QED) is 0.486. The van der Waals surface area contributed by atoms with E-state index in [1.165, 1.54) is 12.1 Å². The molecule has 3 nitrogen and oxygen atoms in total. The van der Waals surface area contributed by atoms with Crippen LogP contribution in [0.2, 0.25) is 5.15 Å². The molecule has 0 fully saturated rings. The Labute approximate surface area is 159 Å². The number of allylic oxidation sites excluding steroid dienone is 1. The van der Waals surface area contributed by atoms with Crippen molar-refractivity contribution in [3.05, 3.63) is 64.3 Å². The van der Waals surface area contributed by atoms with Crippen LogP contribution in [-0.4, -0.2) is 17.1 Å². The summed E-state index contributed by atoms with van der Waals surface area (Å²) in [5, 5.41) is 0.121. The van der Waals surface area contributed by atoms with Gasteiger partial charge in [0.1, 0.15) is 11.5 Å². The van der Waals surface area contributed by atoms with Gasteiger partial charge in [0.15, 0.2) is 5.15 Å². The van der Waals surface area contributed by atoms with Crippen molar-refractivity contribution >= 4 is 28.4 Å². The lowest BCUT2D eigenvalue weighted by Gasteiger charge is -2.11. The molecular formula is C20H16ClF3N2O. The van der Waals surface area contributed by atoms with E-state index in [1.807, 2.05) is 26.0 Å². The summed E-state index contributed by atoms with van der Waals surface area (Å²) in [5.41, 5.74) is 3.09. The van der Waals surface area contributed by atoms with Crippen molar-refractivity contribution < 1.29 is 17.9 Å². The van der Waals surface area contributed by atoms with Crippen LogP contribution in [0.15, 0.2) is 48.0 Å². The molecule has 1 heterocycles. The number of benzene rings is 2. The van der Waals surface area contributed by atoms with E-state index in [2.05, 4.69) is 9.97 Å². The molecule has 0 saturated heterocycles. The SMILES string of the molecule is COC(=C(C)C)c1ccc2nc(-c3ccc(C(F)(F)F)cc3)c(Cl)nc2c1. The van der Waals surface area contributed by atoms with Gasteiger partial charge in [-0.2, -0.15) is 13.2 Å². The maximum Gasteiger partial charge on any atom is 0.416 e. The normalized spacial score (nSPS) is 11.5. The maximum atomic E-state index is 12.7. The summed E-state index contributed by atoms with van der Waals surface area (Å²) in [4.78, 5) is 8.84. The Morgan fingerprint density at radius 1 is 0.963 bits per heavy atom. The van der Waals surface area contributed by atoms with Crippen LogP contribution in [0.4, 0.5) is 13.2 Å². The second-order valence-electron chi connectivity index (χ2n) is 6.17. The first-order valence-corrected chi connectivity index (χ1v) is 8.45. The van der Waals surface area contributed by atoms with Crippen molar-refractivity contribution in [3.8, 4) is 11.3 Å². The second-order valence-corrected chi connectivity index (χ2v) is 6.53. The minimum atomic E-state index is -4.39. The average molecular weight is 393 g/mol. The van der Waals surface area contributed by atoms with Crippen LogP contribution in [0.25, 0.3) is 28.0 Å². The van der Waals surface area contributed by atoms with Gasteiger partial charge in [-0.15, -0.1) is 0 Å². The number of methoxy groups -OCH3 is 1. The molecule has 0 N–H and O–H groups in total. The van der Waals surface area contributed by atoms with Gasteiger partial charge in [0.25, 0.3) is 0 Å². The third-order valence-corrected chi connectivity index (χ3v) is 4.29. The number of nitrogens with zero attached hydrogens (tertiary/aromatic N) is 2. The average Bonchev–Trinajstić information content (AvgIpc) is 2.60. The van der Waals surface area contributed by atoms with E-state index in [1.54, 1.807) is 13.2 Å². The van der Waals surface area contributed by atoms with Crippen LogP contribution in [0.3, 0.4) is 0 Å². The van der Waals surface area contributed by atoms with E-state index in [-0.39, 0.29) is 5.15 Å². The summed E-state index contributed by atoms with van der Waals surface area (Å²) in [7, 11) is 1.60. The van der Waals surface area contributed by atoms with Gasteiger partial charge < -0.3 is 4.74 Å². The number of aromatic nitrogens is 2. The smallest absolute Gasteiger partial charge is 0.416 e. The Morgan fingerprint density at radius 3 is 2.19 bits per heavy atom. The lowest BCUT2D eigenvalue weighted by Crippen LogP contribution is -2.04. The third kappa shape index (κ3) is 3.90. The lowest BCUT2D eigenvalue weighted by molar-refractivity contribution is -0.137. The van der Waals surface area contributed by atoms with Gasteiger partial charge in [0, 0.05) is 11.1 Å². The Balaban J connectivity index is 2.06. The predicted molar refractivity (Wildman–Crippen MR) is 100 cm³/mol. The van der Waals surface area contributed by atoms with E-state index in [0.717, 1.165) is 29.0 Å². The lowest BCUT2D eigenvalue weighted by atomic mass is 10.1. The molecular weight excluding hydrogens is 377 g/mol. The molecule has 0 atom stereocenters. The van der Waals surface area contributed by atoms with E-state index in [0.29, 0.717) is 22.3 Å². The Hall–Kier alpha value is -2.60. The summed E-state index contributed by atoms with van der Waals surface area (Å²) < 4.78 is 43.6. The number of rotatable bonds is 3. The Kier molecular flexibility index (Phi) is 5.11. The van der Waals surface area contributed by atoms with Crippen LogP contribution in [0.1, 0.15) is 25.0 Å². The largest absolute Gasteiger partial charge is 0.496 e. The van der Waals surface area contributed by atoms with Crippen molar-refractivity contribution in [2.45, 2.75) is 20.0 Å². The van der Waals surface area contributed by atoms with E-state index < -0.39 is 11.7 Å². The molecule has 27 heavy (non-hydrogen) atoms. The van der Waals surface area contributed by atoms with Gasteiger partial charge in [0.05, 0.1) is 23.7 Å². The summed E-state index contributed by atoms with van der Waals surface area (Å²) >= 11 is 6.26. The first kappa shape index (κ1) is 19.2. The van der Waals surface area contributed by atoms with Crippen LogP contribution < -0.4 is 0 Å². The van der Waals surface area contributed by atoms with Crippen LogP contribution in [0, 0.1) is 0 Å². The van der Waals surface area contributed by atoms with Gasteiger partial charge in [-0.25, -0.2) is 9.97 Å². The second kappa shape index (κ2) is 7.19. The first-order valence-electron chi connectivity index (χ1n) is 8.07.